The van der Waals surface area contributed by atoms with Crippen LogP contribution < -0.4 is 10.5 Å². The smallest absolute Gasteiger partial charge is 0.411 e. The summed E-state index contributed by atoms with van der Waals surface area (Å²) >= 11 is 0. The number of nitrogens with two attached hydrogens (primary N) is 1. The predicted molar refractivity (Wildman–Crippen MR) is 61.2 cm³/mol. The lowest BCUT2D eigenvalue weighted by Crippen LogP contribution is -2.19. The van der Waals surface area contributed by atoms with Gasteiger partial charge in [-0.25, -0.2) is 0 Å². The average Bonchev–Trinajstić information content (AvgIpc) is 2.34. The van der Waals surface area contributed by atoms with Crippen LogP contribution in [-0.2, 0) is 4.74 Å². The lowest BCUT2D eigenvalue weighted by Gasteiger charge is -2.12. The van der Waals surface area contributed by atoms with Crippen LogP contribution >= 0.6 is 0 Å². The van der Waals surface area contributed by atoms with Crippen LogP contribution in [0.2, 0.25) is 0 Å². The van der Waals surface area contributed by atoms with Gasteiger partial charge < -0.3 is 20.4 Å². The molecule has 0 aliphatic rings. The summed E-state index contributed by atoms with van der Waals surface area (Å²) in [7, 11) is 0. The fraction of sp³-hybridized carbons (Fsp3) is 0.364. The molecule has 0 aliphatic heterocycles. The van der Waals surface area contributed by atoms with E-state index in [4.69, 9.17) is 15.7 Å². The van der Waals surface area contributed by atoms with E-state index in [-0.39, 0.29) is 5.84 Å². The summed E-state index contributed by atoms with van der Waals surface area (Å²) in [5.74, 6) is 0.173. The molecular weight excluding hydrogens is 265 g/mol. The van der Waals surface area contributed by atoms with Gasteiger partial charge in [0.2, 0.25) is 0 Å². The van der Waals surface area contributed by atoms with E-state index >= 15 is 0 Å². The third kappa shape index (κ3) is 5.04. The fourth-order valence-corrected chi connectivity index (χ4v) is 1.24. The van der Waals surface area contributed by atoms with Gasteiger partial charge in [-0.2, -0.15) is 13.2 Å². The number of nitrogens with zero attached hydrogens (tertiary/aromatic N) is 1. The number of amidine groups is 1. The zero-order chi connectivity index (χ0) is 14.5. The Kier molecular flexibility index (Phi) is 4.99. The molecule has 106 valence electrons. The number of oxime groups is 1. The van der Waals surface area contributed by atoms with Gasteiger partial charge in [-0.1, -0.05) is 17.3 Å². The minimum Gasteiger partial charge on any atom is -0.467 e. The molecule has 0 atom stereocenters. The molecule has 0 heterocycles. The zero-order valence-electron chi connectivity index (χ0n) is 10.1. The van der Waals surface area contributed by atoms with E-state index in [0.29, 0.717) is 16.9 Å². The predicted octanol–water partition coefficient (Wildman–Crippen LogP) is 2.00. The number of halogens is 3. The summed E-state index contributed by atoms with van der Waals surface area (Å²) in [6, 6.07) is 4.67. The minimum absolute atomic E-state index is 0.124. The average molecular weight is 278 g/mol. The molecule has 0 bridgehead atoms. The van der Waals surface area contributed by atoms with Crippen LogP contribution in [0, 0.1) is 6.92 Å². The Hall–Kier alpha value is -1.96. The molecule has 0 radical (unpaired) electrons. The molecule has 0 unspecified atom stereocenters. The molecule has 0 amide bonds. The topological polar surface area (TPSA) is 77.1 Å². The van der Waals surface area contributed by atoms with Gasteiger partial charge in [0.1, 0.15) is 12.4 Å². The standard InChI is InChI=1S/C11H13F3N2O3/c1-7-2-3-8(10(15)16-17)4-9(7)19-6-18-5-11(12,13)14/h2-4,17H,5-6H2,1H3,(H2,15,16). The second-order valence-electron chi connectivity index (χ2n) is 3.69. The maximum absolute atomic E-state index is 11.8. The van der Waals surface area contributed by atoms with Crippen LogP contribution in [0.25, 0.3) is 0 Å². The van der Waals surface area contributed by atoms with E-state index in [9.17, 15) is 13.2 Å². The molecule has 0 aliphatic carbocycles. The minimum atomic E-state index is -4.39. The van der Waals surface area contributed by atoms with Crippen molar-refractivity contribution >= 4 is 5.84 Å². The second-order valence-corrected chi connectivity index (χ2v) is 3.69. The SMILES string of the molecule is Cc1ccc(/C(N)=N/O)cc1OCOCC(F)(F)F. The van der Waals surface area contributed by atoms with Crippen molar-refractivity contribution in [3.05, 3.63) is 29.3 Å². The lowest BCUT2D eigenvalue weighted by molar-refractivity contribution is -0.186. The van der Waals surface area contributed by atoms with Crippen molar-refractivity contribution in [3.8, 4) is 5.75 Å². The van der Waals surface area contributed by atoms with Gasteiger partial charge in [-0.05, 0) is 18.6 Å². The van der Waals surface area contributed by atoms with Crippen LogP contribution in [0.4, 0.5) is 13.2 Å². The van der Waals surface area contributed by atoms with Gasteiger partial charge in [0.15, 0.2) is 12.6 Å². The lowest BCUT2D eigenvalue weighted by atomic mass is 10.1. The van der Waals surface area contributed by atoms with Gasteiger partial charge in [0.25, 0.3) is 0 Å². The Bertz CT molecular complexity index is 461. The molecule has 1 rings (SSSR count). The highest BCUT2D eigenvalue weighted by molar-refractivity contribution is 5.97. The first-order chi connectivity index (χ1) is 8.83. The Morgan fingerprint density at radius 2 is 2.11 bits per heavy atom. The molecule has 0 saturated heterocycles. The highest BCUT2D eigenvalue weighted by Gasteiger charge is 2.27. The van der Waals surface area contributed by atoms with Crippen molar-refractivity contribution in [3.63, 3.8) is 0 Å². The van der Waals surface area contributed by atoms with Crippen molar-refractivity contribution in [2.24, 2.45) is 10.9 Å². The number of hydrogen-bond donors (Lipinski definition) is 2. The van der Waals surface area contributed by atoms with E-state index < -0.39 is 19.6 Å². The van der Waals surface area contributed by atoms with E-state index in [2.05, 4.69) is 9.89 Å². The molecule has 5 nitrogen and oxygen atoms in total. The van der Waals surface area contributed by atoms with Gasteiger partial charge in [0, 0.05) is 5.56 Å². The van der Waals surface area contributed by atoms with E-state index in [0.717, 1.165) is 0 Å². The zero-order valence-corrected chi connectivity index (χ0v) is 10.1. The number of alkyl halides is 3. The molecule has 0 aromatic heterocycles. The molecule has 8 heteroatoms. The number of ether oxygens (including phenoxy) is 2. The Morgan fingerprint density at radius 3 is 2.68 bits per heavy atom. The van der Waals surface area contributed by atoms with Crippen molar-refractivity contribution in [1.82, 2.24) is 0 Å². The summed E-state index contributed by atoms with van der Waals surface area (Å²) in [5, 5.41) is 11.3. The summed E-state index contributed by atoms with van der Waals surface area (Å²) in [6.45, 7) is -0.221. The summed E-state index contributed by atoms with van der Waals surface area (Å²) in [6.07, 6.45) is -4.39. The number of aryl methyl sites for hydroxylation is 1. The number of rotatable bonds is 5. The van der Waals surface area contributed by atoms with Crippen molar-refractivity contribution in [1.29, 1.82) is 0 Å². The first-order valence-corrected chi connectivity index (χ1v) is 5.19. The molecule has 19 heavy (non-hydrogen) atoms. The maximum Gasteiger partial charge on any atom is 0.411 e. The molecule has 0 saturated carbocycles. The van der Waals surface area contributed by atoms with Gasteiger partial charge in [0.05, 0.1) is 0 Å². The van der Waals surface area contributed by atoms with E-state index in [1.54, 1.807) is 19.1 Å². The summed E-state index contributed by atoms with van der Waals surface area (Å²) < 4.78 is 44.9. The maximum atomic E-state index is 11.8. The molecule has 3 N–H and O–H groups in total. The van der Waals surface area contributed by atoms with E-state index in [1.807, 2.05) is 0 Å². The first-order valence-electron chi connectivity index (χ1n) is 5.19. The van der Waals surface area contributed by atoms with Crippen molar-refractivity contribution in [2.45, 2.75) is 13.1 Å². The van der Waals surface area contributed by atoms with Crippen LogP contribution in [0.15, 0.2) is 23.4 Å². The Morgan fingerprint density at radius 1 is 1.42 bits per heavy atom. The highest BCUT2D eigenvalue weighted by Crippen LogP contribution is 2.20. The Labute approximate surface area is 107 Å². The number of hydrogen-bond acceptors (Lipinski definition) is 4. The summed E-state index contributed by atoms with van der Waals surface area (Å²) in [4.78, 5) is 0. The molecule has 0 spiro atoms. The highest BCUT2D eigenvalue weighted by atomic mass is 19.4. The third-order valence-corrected chi connectivity index (χ3v) is 2.16. The van der Waals surface area contributed by atoms with Gasteiger partial charge in [-0.3, -0.25) is 0 Å². The molecular formula is C11H13F3N2O3. The van der Waals surface area contributed by atoms with E-state index in [1.165, 1.54) is 6.07 Å². The molecule has 1 aromatic rings. The normalized spacial score (nSPS) is 12.5. The van der Waals surface area contributed by atoms with Gasteiger partial charge >= 0.3 is 6.18 Å². The fourth-order valence-electron chi connectivity index (χ4n) is 1.24. The van der Waals surface area contributed by atoms with Crippen molar-refractivity contribution < 1.29 is 27.9 Å². The van der Waals surface area contributed by atoms with Crippen LogP contribution in [0.1, 0.15) is 11.1 Å². The monoisotopic (exact) mass is 278 g/mol. The molecule has 1 aromatic carbocycles. The second kappa shape index (κ2) is 6.28. The first kappa shape index (κ1) is 15.1. The van der Waals surface area contributed by atoms with Crippen LogP contribution in [0.5, 0.6) is 5.75 Å². The number of benzene rings is 1. The summed E-state index contributed by atoms with van der Waals surface area (Å²) in [5.41, 5.74) is 6.46. The largest absolute Gasteiger partial charge is 0.467 e. The van der Waals surface area contributed by atoms with Crippen molar-refractivity contribution in [2.75, 3.05) is 13.4 Å². The Balaban J connectivity index is 2.63. The van der Waals surface area contributed by atoms with Crippen LogP contribution in [0.3, 0.4) is 0 Å². The third-order valence-electron chi connectivity index (χ3n) is 2.16. The van der Waals surface area contributed by atoms with Gasteiger partial charge in [-0.15, -0.1) is 0 Å². The van der Waals surface area contributed by atoms with Crippen LogP contribution in [-0.4, -0.2) is 30.6 Å². The quantitative estimate of drug-likeness (QED) is 0.216. The molecule has 0 fully saturated rings.